The normalized spacial score (nSPS) is 17.9. The molecule has 1 fully saturated rings. The van der Waals surface area contributed by atoms with Crippen LogP contribution < -0.4 is 10.6 Å². The fraction of sp³-hybridized carbons (Fsp3) is 0.423. The average molecular weight is 510 g/mol. The van der Waals surface area contributed by atoms with Crippen LogP contribution in [0.25, 0.3) is 0 Å². The van der Waals surface area contributed by atoms with Gasteiger partial charge in [0.1, 0.15) is 0 Å². The monoisotopic (exact) mass is 509 g/mol. The number of benzene rings is 2. The molecule has 1 saturated carbocycles. The van der Waals surface area contributed by atoms with E-state index < -0.39 is 0 Å². The number of carbonyl (C=O) groups is 2. The third-order valence-corrected chi connectivity index (χ3v) is 7.11. The quantitative estimate of drug-likeness (QED) is 0.391. The van der Waals surface area contributed by atoms with Crippen molar-refractivity contribution in [1.82, 2.24) is 25.5 Å². The Kier molecular flexibility index (Phi) is 7.88. The number of nitrogens with one attached hydrogen (secondary N) is 3. The molecule has 3 aromatic rings. The maximum atomic E-state index is 13.4. The van der Waals surface area contributed by atoms with E-state index in [0.717, 1.165) is 31.2 Å². The second-order valence-corrected chi connectivity index (χ2v) is 10.8. The predicted octanol–water partition coefficient (Wildman–Crippen LogP) is 5.74. The summed E-state index contributed by atoms with van der Waals surface area (Å²) in [7, 11) is 0. The lowest BCUT2D eigenvalue weighted by Crippen LogP contribution is -2.45. The van der Waals surface area contributed by atoms with Crippen LogP contribution in [-0.2, 0) is 6.54 Å². The third-order valence-electron chi connectivity index (χ3n) is 6.86. The Morgan fingerprint density at radius 1 is 1.00 bits per heavy atom. The average Bonchev–Trinajstić information content (AvgIpc) is 3.37. The van der Waals surface area contributed by atoms with Gasteiger partial charge in [-0.25, -0.2) is 4.79 Å². The molecule has 1 heterocycles. The Bertz CT molecular complexity index is 1150. The van der Waals surface area contributed by atoms with Gasteiger partial charge in [0, 0.05) is 28.9 Å². The highest BCUT2D eigenvalue weighted by atomic mass is 35.5. The minimum atomic E-state index is -0.333. The van der Waals surface area contributed by atoms with Crippen LogP contribution in [0.2, 0.25) is 5.02 Å². The molecule has 0 radical (unpaired) electrons. The second-order valence-electron chi connectivity index (χ2n) is 10.3. The van der Waals surface area contributed by atoms with Crippen LogP contribution in [0.3, 0.4) is 0 Å². The van der Waals surface area contributed by atoms with Crippen LogP contribution in [0.15, 0.2) is 48.5 Å². The van der Waals surface area contributed by atoms with Crippen molar-refractivity contribution in [2.45, 2.75) is 59.0 Å². The zero-order chi connectivity index (χ0) is 25.7. The molecular weight excluding hydrogens is 478 g/mol. The van der Waals surface area contributed by atoms with E-state index in [1.807, 2.05) is 17.0 Å². The van der Waals surface area contributed by atoms with Gasteiger partial charge in [-0.1, -0.05) is 49.6 Å². The topological polar surface area (TPSA) is 116 Å². The first kappa shape index (κ1) is 25.6. The maximum absolute atomic E-state index is 13.4. The summed E-state index contributed by atoms with van der Waals surface area (Å²) in [6, 6.07) is 14.3. The number of halogens is 1. The molecule has 0 saturated heterocycles. The fourth-order valence-corrected chi connectivity index (χ4v) is 4.82. The van der Waals surface area contributed by atoms with Crippen LogP contribution >= 0.6 is 11.6 Å². The Balaban J connectivity index is 1.47. The lowest BCUT2D eigenvalue weighted by Gasteiger charge is -2.41. The van der Waals surface area contributed by atoms with Crippen molar-refractivity contribution in [3.8, 4) is 0 Å². The molecule has 1 aliphatic carbocycles. The standard InChI is InChI=1S/C26H32ClN7O2/c1-26(2,3)19-8-14-22(15-9-19)34(25(36)28-21-12-10-20(27)11-13-21)16-17-4-6-18(7-5-17)23(35)29-24-30-32-33-31-24/h4-7,10-13,19,22H,8-9,14-16H2,1-3H3,(H,28,36)(H2,29,30,31,32,33,35). The number of hydrogen-bond acceptors (Lipinski definition) is 5. The molecule has 9 nitrogen and oxygen atoms in total. The smallest absolute Gasteiger partial charge is 0.317 e. The van der Waals surface area contributed by atoms with Crippen LogP contribution in [0.4, 0.5) is 16.4 Å². The summed E-state index contributed by atoms with van der Waals surface area (Å²) in [5.41, 5.74) is 2.37. The number of tetrazole rings is 1. The minimum Gasteiger partial charge on any atom is -0.317 e. The summed E-state index contributed by atoms with van der Waals surface area (Å²) in [6.07, 6.45) is 4.10. The van der Waals surface area contributed by atoms with Crippen molar-refractivity contribution in [2.24, 2.45) is 11.3 Å². The van der Waals surface area contributed by atoms with E-state index in [9.17, 15) is 9.59 Å². The Labute approximate surface area is 216 Å². The number of aromatic nitrogens is 4. The lowest BCUT2D eigenvalue weighted by molar-refractivity contribution is 0.102. The molecule has 1 aromatic heterocycles. The fourth-order valence-electron chi connectivity index (χ4n) is 4.70. The molecule has 0 bridgehead atoms. The Morgan fingerprint density at radius 2 is 1.67 bits per heavy atom. The summed E-state index contributed by atoms with van der Waals surface area (Å²) >= 11 is 6.00. The summed E-state index contributed by atoms with van der Waals surface area (Å²) in [5, 5.41) is 19.4. The molecule has 190 valence electrons. The van der Waals surface area contributed by atoms with Gasteiger partial charge in [-0.3, -0.25) is 10.1 Å². The molecule has 36 heavy (non-hydrogen) atoms. The predicted molar refractivity (Wildman–Crippen MR) is 140 cm³/mol. The van der Waals surface area contributed by atoms with E-state index in [4.69, 9.17) is 11.6 Å². The highest BCUT2D eigenvalue weighted by Gasteiger charge is 2.33. The van der Waals surface area contributed by atoms with Gasteiger partial charge in [0.25, 0.3) is 11.9 Å². The van der Waals surface area contributed by atoms with Crippen molar-refractivity contribution in [1.29, 1.82) is 0 Å². The van der Waals surface area contributed by atoms with Gasteiger partial charge in [0.15, 0.2) is 0 Å². The van der Waals surface area contributed by atoms with E-state index >= 15 is 0 Å². The molecule has 2 aromatic carbocycles. The van der Waals surface area contributed by atoms with Crippen molar-refractivity contribution >= 4 is 35.2 Å². The van der Waals surface area contributed by atoms with Crippen molar-refractivity contribution < 1.29 is 9.59 Å². The molecule has 1 aliphatic rings. The van der Waals surface area contributed by atoms with Gasteiger partial charge in [0.05, 0.1) is 0 Å². The summed E-state index contributed by atoms with van der Waals surface area (Å²) in [5.74, 6) is 0.424. The van der Waals surface area contributed by atoms with Crippen LogP contribution in [-0.4, -0.2) is 43.5 Å². The van der Waals surface area contributed by atoms with E-state index in [-0.39, 0.29) is 29.3 Å². The Hall–Kier alpha value is -3.46. The van der Waals surface area contributed by atoms with Gasteiger partial charge in [-0.2, -0.15) is 5.21 Å². The van der Waals surface area contributed by atoms with Gasteiger partial charge in [-0.05, 0) is 84.2 Å². The Morgan fingerprint density at radius 3 is 2.25 bits per heavy atom. The molecular formula is C26H32ClN7O2. The SMILES string of the molecule is CC(C)(C)C1CCC(N(Cc2ccc(C(=O)Nc3nn[nH]n3)cc2)C(=O)Nc2ccc(Cl)cc2)CC1. The summed E-state index contributed by atoms with van der Waals surface area (Å²) < 4.78 is 0. The number of anilines is 2. The highest BCUT2D eigenvalue weighted by molar-refractivity contribution is 6.30. The van der Waals surface area contributed by atoms with Crippen LogP contribution in [0.1, 0.15) is 62.4 Å². The first-order chi connectivity index (χ1) is 17.2. The van der Waals surface area contributed by atoms with E-state index in [2.05, 4.69) is 52.0 Å². The summed E-state index contributed by atoms with van der Waals surface area (Å²) in [4.78, 5) is 27.8. The van der Waals surface area contributed by atoms with Crippen molar-refractivity contribution in [2.75, 3.05) is 10.6 Å². The molecule has 0 unspecified atom stereocenters. The molecule has 0 aliphatic heterocycles. The van der Waals surface area contributed by atoms with Crippen molar-refractivity contribution in [3.05, 3.63) is 64.7 Å². The maximum Gasteiger partial charge on any atom is 0.322 e. The van der Waals surface area contributed by atoms with E-state index in [1.54, 1.807) is 36.4 Å². The van der Waals surface area contributed by atoms with Gasteiger partial charge in [-0.15, -0.1) is 5.10 Å². The zero-order valence-corrected chi connectivity index (χ0v) is 21.5. The number of urea groups is 1. The molecule has 0 atom stereocenters. The number of rotatable bonds is 6. The zero-order valence-electron chi connectivity index (χ0n) is 20.8. The molecule has 0 spiro atoms. The number of nitrogens with zero attached hydrogens (tertiary/aromatic N) is 4. The van der Waals surface area contributed by atoms with Crippen molar-refractivity contribution in [3.63, 3.8) is 0 Å². The molecule has 10 heteroatoms. The largest absolute Gasteiger partial charge is 0.322 e. The highest BCUT2D eigenvalue weighted by Crippen LogP contribution is 2.39. The number of amides is 3. The molecule has 3 amide bonds. The summed E-state index contributed by atoms with van der Waals surface area (Å²) in [6.45, 7) is 7.31. The number of aromatic amines is 1. The second kappa shape index (κ2) is 11.1. The van der Waals surface area contributed by atoms with Crippen LogP contribution in [0, 0.1) is 11.3 Å². The van der Waals surface area contributed by atoms with Gasteiger partial charge in [0.2, 0.25) is 0 Å². The third kappa shape index (κ3) is 6.60. The minimum absolute atomic E-state index is 0.111. The number of H-pyrrole nitrogens is 1. The van der Waals surface area contributed by atoms with E-state index in [0.29, 0.717) is 28.7 Å². The molecule has 3 N–H and O–H groups in total. The first-order valence-electron chi connectivity index (χ1n) is 12.2. The number of hydrogen-bond donors (Lipinski definition) is 3. The van der Waals surface area contributed by atoms with Gasteiger partial charge >= 0.3 is 6.03 Å². The lowest BCUT2D eigenvalue weighted by atomic mass is 9.71. The first-order valence-corrected chi connectivity index (χ1v) is 12.5. The van der Waals surface area contributed by atoms with Gasteiger partial charge < -0.3 is 10.2 Å². The van der Waals surface area contributed by atoms with E-state index in [1.165, 1.54) is 0 Å². The number of carbonyl (C=O) groups excluding carboxylic acids is 2. The molecule has 4 rings (SSSR count). The van der Waals surface area contributed by atoms with Crippen LogP contribution in [0.5, 0.6) is 0 Å².